The quantitative estimate of drug-likeness (QED) is 0.690. The molecule has 0 aliphatic heterocycles. The molecule has 0 aliphatic carbocycles. The summed E-state index contributed by atoms with van der Waals surface area (Å²) in [6, 6.07) is 18.0. The number of rotatable bonds is 6. The maximum absolute atomic E-state index is 12.8. The van der Waals surface area contributed by atoms with E-state index in [1.807, 2.05) is 47.0 Å². The lowest BCUT2D eigenvalue weighted by Gasteiger charge is -2.13. The van der Waals surface area contributed by atoms with Gasteiger partial charge in [-0.15, -0.1) is 0 Å². The molecule has 1 heterocycles. The molecule has 0 spiro atoms. The zero-order valence-electron chi connectivity index (χ0n) is 13.5. The van der Waals surface area contributed by atoms with Crippen LogP contribution in [-0.2, 0) is 19.4 Å². The zero-order chi connectivity index (χ0) is 16.1. The van der Waals surface area contributed by atoms with Crippen LogP contribution in [0, 0.1) is 0 Å². The summed E-state index contributed by atoms with van der Waals surface area (Å²) in [6.45, 7) is 2.89. The highest BCUT2D eigenvalue weighted by atomic mass is 16.1. The van der Waals surface area contributed by atoms with Gasteiger partial charge < -0.3 is 0 Å². The van der Waals surface area contributed by atoms with Crippen molar-refractivity contribution < 1.29 is 0 Å². The van der Waals surface area contributed by atoms with Crippen LogP contribution in [0.2, 0.25) is 0 Å². The number of aryl methyl sites for hydroxylation is 2. The van der Waals surface area contributed by atoms with E-state index < -0.39 is 0 Å². The Morgan fingerprint density at radius 3 is 2.48 bits per heavy atom. The summed E-state index contributed by atoms with van der Waals surface area (Å²) in [5.74, 6) is 0.894. The highest BCUT2D eigenvalue weighted by molar-refractivity contribution is 5.77. The minimum atomic E-state index is 0.0899. The van der Waals surface area contributed by atoms with Crippen molar-refractivity contribution in [2.45, 2.75) is 39.2 Å². The van der Waals surface area contributed by atoms with Gasteiger partial charge in [-0.3, -0.25) is 9.36 Å². The summed E-state index contributed by atoms with van der Waals surface area (Å²) in [7, 11) is 0. The third kappa shape index (κ3) is 3.50. The summed E-state index contributed by atoms with van der Waals surface area (Å²) in [5.41, 5.74) is 2.16. The van der Waals surface area contributed by atoms with E-state index in [0.717, 1.165) is 43.6 Å². The van der Waals surface area contributed by atoms with Crippen molar-refractivity contribution in [3.8, 4) is 0 Å². The normalized spacial score (nSPS) is 11.0. The van der Waals surface area contributed by atoms with Crippen LogP contribution < -0.4 is 5.56 Å². The lowest BCUT2D eigenvalue weighted by Crippen LogP contribution is -2.26. The first-order chi connectivity index (χ1) is 11.3. The fourth-order valence-electron chi connectivity index (χ4n) is 2.85. The molecule has 0 radical (unpaired) electrons. The van der Waals surface area contributed by atoms with Crippen molar-refractivity contribution in [3.63, 3.8) is 0 Å². The minimum Gasteiger partial charge on any atom is -0.296 e. The van der Waals surface area contributed by atoms with E-state index in [0.29, 0.717) is 5.39 Å². The van der Waals surface area contributed by atoms with E-state index in [1.165, 1.54) is 5.56 Å². The Hall–Kier alpha value is -2.42. The first kappa shape index (κ1) is 15.5. The molecule has 2 aromatic carbocycles. The van der Waals surface area contributed by atoms with Gasteiger partial charge in [-0.05, 0) is 30.5 Å². The Morgan fingerprint density at radius 1 is 0.957 bits per heavy atom. The number of para-hydroxylation sites is 1. The molecule has 3 nitrogen and oxygen atoms in total. The molecule has 0 saturated carbocycles. The van der Waals surface area contributed by atoms with Gasteiger partial charge in [-0.2, -0.15) is 0 Å². The molecule has 0 fully saturated rings. The number of aromatic nitrogens is 2. The van der Waals surface area contributed by atoms with E-state index >= 15 is 0 Å². The van der Waals surface area contributed by atoms with Gasteiger partial charge in [0.05, 0.1) is 10.9 Å². The van der Waals surface area contributed by atoms with Crippen LogP contribution in [0.4, 0.5) is 0 Å². The SMILES string of the molecule is CCCCn1c(CCc2ccccc2)nc2ccccc2c1=O. The number of fused-ring (bicyclic) bond motifs is 1. The molecule has 3 aromatic rings. The summed E-state index contributed by atoms with van der Waals surface area (Å²) in [4.78, 5) is 17.6. The van der Waals surface area contributed by atoms with Gasteiger partial charge >= 0.3 is 0 Å². The van der Waals surface area contributed by atoms with Crippen molar-refractivity contribution >= 4 is 10.9 Å². The van der Waals surface area contributed by atoms with E-state index in [9.17, 15) is 4.79 Å². The second-order valence-electron chi connectivity index (χ2n) is 5.84. The number of hydrogen-bond donors (Lipinski definition) is 0. The fraction of sp³-hybridized carbons (Fsp3) is 0.300. The average molecular weight is 306 g/mol. The fourth-order valence-corrected chi connectivity index (χ4v) is 2.85. The second-order valence-corrected chi connectivity index (χ2v) is 5.84. The van der Waals surface area contributed by atoms with Crippen molar-refractivity contribution in [3.05, 3.63) is 76.3 Å². The highest BCUT2D eigenvalue weighted by Gasteiger charge is 2.10. The average Bonchev–Trinajstić information content (AvgIpc) is 2.60. The summed E-state index contributed by atoms with van der Waals surface area (Å²) >= 11 is 0. The third-order valence-corrected chi connectivity index (χ3v) is 4.16. The van der Waals surface area contributed by atoms with Crippen LogP contribution in [0.1, 0.15) is 31.2 Å². The van der Waals surface area contributed by atoms with Crippen LogP contribution >= 0.6 is 0 Å². The molecule has 0 atom stereocenters. The van der Waals surface area contributed by atoms with Crippen molar-refractivity contribution in [1.29, 1.82) is 0 Å². The van der Waals surface area contributed by atoms with Gasteiger partial charge in [0.1, 0.15) is 5.82 Å². The Morgan fingerprint density at radius 2 is 1.70 bits per heavy atom. The van der Waals surface area contributed by atoms with Crippen LogP contribution in [0.15, 0.2) is 59.4 Å². The standard InChI is InChI=1S/C20H22N2O/c1-2-3-15-22-19(14-13-16-9-5-4-6-10-16)21-18-12-8-7-11-17(18)20(22)23/h4-12H,2-3,13-15H2,1H3. The summed E-state index contributed by atoms with van der Waals surface area (Å²) in [5, 5.41) is 0.715. The first-order valence-corrected chi connectivity index (χ1v) is 8.32. The smallest absolute Gasteiger partial charge is 0.261 e. The zero-order valence-corrected chi connectivity index (χ0v) is 13.5. The largest absolute Gasteiger partial charge is 0.296 e. The van der Waals surface area contributed by atoms with Crippen LogP contribution in [0.5, 0.6) is 0 Å². The monoisotopic (exact) mass is 306 g/mol. The van der Waals surface area contributed by atoms with Crippen molar-refractivity contribution in [2.75, 3.05) is 0 Å². The predicted octanol–water partition coefficient (Wildman–Crippen LogP) is 3.98. The molecule has 0 amide bonds. The van der Waals surface area contributed by atoms with Crippen LogP contribution in [0.25, 0.3) is 10.9 Å². The molecule has 0 bridgehead atoms. The molecule has 3 heteroatoms. The first-order valence-electron chi connectivity index (χ1n) is 8.32. The van der Waals surface area contributed by atoms with Crippen LogP contribution in [-0.4, -0.2) is 9.55 Å². The summed E-state index contributed by atoms with van der Waals surface area (Å²) in [6.07, 6.45) is 3.75. The maximum atomic E-state index is 12.8. The Kier molecular flexibility index (Phi) is 4.86. The molecule has 0 saturated heterocycles. The molecule has 0 N–H and O–H groups in total. The number of benzene rings is 2. The molecule has 23 heavy (non-hydrogen) atoms. The Balaban J connectivity index is 1.97. The van der Waals surface area contributed by atoms with Gasteiger partial charge in [0, 0.05) is 13.0 Å². The van der Waals surface area contributed by atoms with Gasteiger partial charge in [-0.25, -0.2) is 4.98 Å². The molecule has 118 valence electrons. The van der Waals surface area contributed by atoms with Crippen molar-refractivity contribution in [1.82, 2.24) is 9.55 Å². The van der Waals surface area contributed by atoms with E-state index in [2.05, 4.69) is 19.1 Å². The minimum absolute atomic E-state index is 0.0899. The Labute approximate surface area is 136 Å². The number of hydrogen-bond acceptors (Lipinski definition) is 2. The van der Waals surface area contributed by atoms with Gasteiger partial charge in [0.25, 0.3) is 5.56 Å². The Bertz CT molecular complexity index is 837. The lowest BCUT2D eigenvalue weighted by atomic mass is 10.1. The van der Waals surface area contributed by atoms with Gasteiger partial charge in [0.15, 0.2) is 0 Å². The van der Waals surface area contributed by atoms with Crippen molar-refractivity contribution in [2.24, 2.45) is 0 Å². The molecular weight excluding hydrogens is 284 g/mol. The second kappa shape index (κ2) is 7.23. The molecule has 1 aromatic heterocycles. The molecule has 3 rings (SSSR count). The lowest BCUT2D eigenvalue weighted by molar-refractivity contribution is 0.574. The molecule has 0 aliphatic rings. The van der Waals surface area contributed by atoms with Crippen LogP contribution in [0.3, 0.4) is 0 Å². The van der Waals surface area contributed by atoms with Gasteiger partial charge in [0.2, 0.25) is 0 Å². The third-order valence-electron chi connectivity index (χ3n) is 4.16. The topological polar surface area (TPSA) is 34.9 Å². The van der Waals surface area contributed by atoms with E-state index in [4.69, 9.17) is 4.98 Å². The van der Waals surface area contributed by atoms with E-state index in [-0.39, 0.29) is 5.56 Å². The summed E-state index contributed by atoms with van der Waals surface area (Å²) < 4.78 is 1.87. The number of unbranched alkanes of at least 4 members (excludes halogenated alkanes) is 1. The maximum Gasteiger partial charge on any atom is 0.261 e. The predicted molar refractivity (Wildman–Crippen MR) is 94.8 cm³/mol. The molecular formula is C20H22N2O. The number of nitrogens with zero attached hydrogens (tertiary/aromatic N) is 2. The van der Waals surface area contributed by atoms with Gasteiger partial charge in [-0.1, -0.05) is 55.8 Å². The van der Waals surface area contributed by atoms with E-state index in [1.54, 1.807) is 0 Å². The molecule has 0 unspecified atom stereocenters. The highest BCUT2D eigenvalue weighted by Crippen LogP contribution is 2.11.